The van der Waals surface area contributed by atoms with Crippen LogP contribution in [0.1, 0.15) is 28.1 Å². The fourth-order valence-corrected chi connectivity index (χ4v) is 3.96. The molecule has 1 aromatic heterocycles. The second kappa shape index (κ2) is 6.17. The SMILES string of the molecule is COCC1CCCN(C(=O)c2scc(C)c2Br)C1. The van der Waals surface area contributed by atoms with Gasteiger partial charge in [0.05, 0.1) is 6.61 Å². The second-order valence-corrected chi connectivity index (χ2v) is 6.45. The highest BCUT2D eigenvalue weighted by atomic mass is 79.9. The number of carbonyl (C=O) groups excluding carboxylic acids is 1. The van der Waals surface area contributed by atoms with Crippen LogP contribution in [-0.4, -0.2) is 37.6 Å². The lowest BCUT2D eigenvalue weighted by molar-refractivity contribution is 0.0574. The molecule has 1 aliphatic heterocycles. The molecule has 0 radical (unpaired) electrons. The Hall–Kier alpha value is -0.390. The highest BCUT2D eigenvalue weighted by molar-refractivity contribution is 9.10. The van der Waals surface area contributed by atoms with E-state index >= 15 is 0 Å². The minimum Gasteiger partial charge on any atom is -0.384 e. The Morgan fingerprint density at radius 1 is 1.67 bits per heavy atom. The molecule has 1 aromatic rings. The van der Waals surface area contributed by atoms with Gasteiger partial charge in [-0.1, -0.05) is 0 Å². The molecule has 5 heteroatoms. The number of hydrogen-bond donors (Lipinski definition) is 0. The molecule has 2 heterocycles. The molecule has 1 amide bonds. The summed E-state index contributed by atoms with van der Waals surface area (Å²) in [6, 6.07) is 0. The monoisotopic (exact) mass is 331 g/mol. The number of nitrogens with zero attached hydrogens (tertiary/aromatic N) is 1. The van der Waals surface area contributed by atoms with Crippen LogP contribution < -0.4 is 0 Å². The van der Waals surface area contributed by atoms with Gasteiger partial charge < -0.3 is 9.64 Å². The summed E-state index contributed by atoms with van der Waals surface area (Å²) >= 11 is 5.02. The number of thiophene rings is 1. The Bertz CT molecular complexity index is 431. The summed E-state index contributed by atoms with van der Waals surface area (Å²) in [6.07, 6.45) is 2.23. The van der Waals surface area contributed by atoms with Crippen LogP contribution in [0.2, 0.25) is 0 Å². The first kappa shape index (κ1) is 14.0. The third kappa shape index (κ3) is 2.95. The number of piperidine rings is 1. The zero-order valence-electron chi connectivity index (χ0n) is 10.7. The topological polar surface area (TPSA) is 29.5 Å². The molecule has 2 rings (SSSR count). The van der Waals surface area contributed by atoms with E-state index in [9.17, 15) is 4.79 Å². The molecule has 0 N–H and O–H groups in total. The molecule has 3 nitrogen and oxygen atoms in total. The molecule has 1 unspecified atom stereocenters. The Labute approximate surface area is 120 Å². The molecule has 0 saturated carbocycles. The van der Waals surface area contributed by atoms with Gasteiger partial charge in [0.25, 0.3) is 5.91 Å². The van der Waals surface area contributed by atoms with E-state index < -0.39 is 0 Å². The van der Waals surface area contributed by atoms with Gasteiger partial charge in [0, 0.05) is 24.7 Å². The first-order valence-electron chi connectivity index (χ1n) is 6.15. The van der Waals surface area contributed by atoms with Crippen molar-refractivity contribution in [1.29, 1.82) is 0 Å². The summed E-state index contributed by atoms with van der Waals surface area (Å²) in [5.41, 5.74) is 1.13. The number of likely N-dealkylation sites (tertiary alicyclic amines) is 1. The zero-order chi connectivity index (χ0) is 13.1. The van der Waals surface area contributed by atoms with Gasteiger partial charge in [-0.2, -0.15) is 0 Å². The highest BCUT2D eigenvalue weighted by Crippen LogP contribution is 2.30. The summed E-state index contributed by atoms with van der Waals surface area (Å²) in [7, 11) is 1.72. The predicted octanol–water partition coefficient (Wildman–Crippen LogP) is 3.32. The first-order chi connectivity index (χ1) is 8.63. The van der Waals surface area contributed by atoms with Gasteiger partial charge in [0.1, 0.15) is 4.88 Å². The summed E-state index contributed by atoms with van der Waals surface area (Å²) in [4.78, 5) is 15.2. The fraction of sp³-hybridized carbons (Fsp3) is 0.615. The largest absolute Gasteiger partial charge is 0.384 e. The molecule has 0 aliphatic carbocycles. The van der Waals surface area contributed by atoms with Gasteiger partial charge in [0.2, 0.25) is 0 Å². The number of carbonyl (C=O) groups is 1. The Balaban J connectivity index is 2.07. The van der Waals surface area contributed by atoms with Gasteiger partial charge in [0.15, 0.2) is 0 Å². The second-order valence-electron chi connectivity index (χ2n) is 4.78. The summed E-state index contributed by atoms with van der Waals surface area (Å²) < 4.78 is 6.15. The van der Waals surface area contributed by atoms with Crippen LogP contribution in [0, 0.1) is 12.8 Å². The van der Waals surface area contributed by atoms with E-state index in [1.165, 1.54) is 11.3 Å². The van der Waals surface area contributed by atoms with E-state index in [2.05, 4.69) is 15.9 Å². The maximum Gasteiger partial charge on any atom is 0.265 e. The minimum absolute atomic E-state index is 0.153. The number of aryl methyl sites for hydroxylation is 1. The maximum atomic E-state index is 12.4. The third-order valence-electron chi connectivity index (χ3n) is 3.30. The van der Waals surface area contributed by atoms with Gasteiger partial charge in [-0.15, -0.1) is 11.3 Å². The number of amides is 1. The predicted molar refractivity (Wildman–Crippen MR) is 77.3 cm³/mol. The van der Waals surface area contributed by atoms with Crippen LogP contribution in [0.25, 0.3) is 0 Å². The Kier molecular flexibility index (Phi) is 4.81. The number of halogens is 1. The summed E-state index contributed by atoms with van der Waals surface area (Å²) in [5, 5.41) is 2.02. The van der Waals surface area contributed by atoms with Crippen molar-refractivity contribution in [2.75, 3.05) is 26.8 Å². The molecule has 0 aromatic carbocycles. The van der Waals surface area contributed by atoms with E-state index in [4.69, 9.17) is 4.74 Å². The smallest absolute Gasteiger partial charge is 0.265 e. The lowest BCUT2D eigenvalue weighted by Gasteiger charge is -2.32. The summed E-state index contributed by atoms with van der Waals surface area (Å²) in [5.74, 6) is 0.633. The highest BCUT2D eigenvalue weighted by Gasteiger charge is 2.26. The number of ether oxygens (including phenoxy) is 1. The van der Waals surface area contributed by atoms with Crippen LogP contribution in [0.5, 0.6) is 0 Å². The van der Waals surface area contributed by atoms with Crippen molar-refractivity contribution in [3.63, 3.8) is 0 Å². The van der Waals surface area contributed by atoms with Crippen molar-refractivity contribution in [2.45, 2.75) is 19.8 Å². The lowest BCUT2D eigenvalue weighted by atomic mass is 9.99. The molecule has 18 heavy (non-hydrogen) atoms. The van der Waals surface area contributed by atoms with Crippen molar-refractivity contribution < 1.29 is 9.53 Å². The van der Waals surface area contributed by atoms with Crippen molar-refractivity contribution in [3.05, 3.63) is 20.3 Å². The van der Waals surface area contributed by atoms with Gasteiger partial charge >= 0.3 is 0 Å². The molecule has 1 saturated heterocycles. The van der Waals surface area contributed by atoms with Crippen molar-refractivity contribution in [1.82, 2.24) is 4.90 Å². The van der Waals surface area contributed by atoms with Crippen molar-refractivity contribution >= 4 is 33.2 Å². The van der Waals surface area contributed by atoms with Crippen LogP contribution in [0.4, 0.5) is 0 Å². The van der Waals surface area contributed by atoms with Crippen molar-refractivity contribution in [2.24, 2.45) is 5.92 Å². The first-order valence-corrected chi connectivity index (χ1v) is 7.82. The molecular formula is C13H18BrNO2S. The normalized spacial score (nSPS) is 20.2. The fourth-order valence-electron chi connectivity index (χ4n) is 2.34. The molecule has 1 aliphatic rings. The Morgan fingerprint density at radius 2 is 2.44 bits per heavy atom. The molecular weight excluding hydrogens is 314 g/mol. The van der Waals surface area contributed by atoms with E-state index in [0.717, 1.165) is 47.5 Å². The number of methoxy groups -OCH3 is 1. The van der Waals surface area contributed by atoms with Gasteiger partial charge in [-0.05, 0) is 52.6 Å². The molecule has 0 spiro atoms. The summed E-state index contributed by atoms with van der Waals surface area (Å²) in [6.45, 7) is 4.44. The lowest BCUT2D eigenvalue weighted by Crippen LogP contribution is -2.41. The van der Waals surface area contributed by atoms with Crippen LogP contribution >= 0.6 is 27.3 Å². The van der Waals surface area contributed by atoms with Gasteiger partial charge in [-0.3, -0.25) is 4.79 Å². The number of hydrogen-bond acceptors (Lipinski definition) is 3. The van der Waals surface area contributed by atoms with Crippen molar-refractivity contribution in [3.8, 4) is 0 Å². The number of rotatable bonds is 3. The average molecular weight is 332 g/mol. The minimum atomic E-state index is 0.153. The maximum absolute atomic E-state index is 12.4. The van der Waals surface area contributed by atoms with Crippen LogP contribution in [0.15, 0.2) is 9.85 Å². The third-order valence-corrected chi connectivity index (χ3v) is 5.67. The van der Waals surface area contributed by atoms with E-state index in [0.29, 0.717) is 5.92 Å². The van der Waals surface area contributed by atoms with E-state index in [1.54, 1.807) is 7.11 Å². The quantitative estimate of drug-likeness (QED) is 0.850. The molecule has 1 fully saturated rings. The standard InChI is InChI=1S/C13H18BrNO2S/c1-9-8-18-12(11(9)14)13(16)15-5-3-4-10(6-15)7-17-2/h8,10H,3-7H2,1-2H3. The Morgan fingerprint density at radius 3 is 3.06 bits per heavy atom. The van der Waals surface area contributed by atoms with Crippen LogP contribution in [-0.2, 0) is 4.74 Å². The molecule has 100 valence electrons. The van der Waals surface area contributed by atoms with E-state index in [-0.39, 0.29) is 5.91 Å². The molecule has 1 atom stereocenters. The molecule has 0 bridgehead atoms. The van der Waals surface area contributed by atoms with E-state index in [1.807, 2.05) is 17.2 Å². The average Bonchev–Trinajstić information content (AvgIpc) is 2.70. The van der Waals surface area contributed by atoms with Crippen LogP contribution in [0.3, 0.4) is 0 Å². The zero-order valence-corrected chi connectivity index (χ0v) is 13.1. The van der Waals surface area contributed by atoms with Gasteiger partial charge in [-0.25, -0.2) is 0 Å².